The lowest BCUT2D eigenvalue weighted by atomic mass is 10.3. The van der Waals surface area contributed by atoms with Crippen molar-refractivity contribution in [1.29, 1.82) is 0 Å². The van der Waals surface area contributed by atoms with Gasteiger partial charge in [-0.15, -0.1) is 0 Å². The fourth-order valence-corrected chi connectivity index (χ4v) is 1.48. The predicted molar refractivity (Wildman–Crippen MR) is 54.6 cm³/mol. The first kappa shape index (κ1) is 11.6. The van der Waals surface area contributed by atoms with Crippen LogP contribution in [-0.4, -0.2) is 32.5 Å². The van der Waals surface area contributed by atoms with E-state index in [2.05, 4.69) is 4.98 Å². The fourth-order valence-electron chi connectivity index (χ4n) is 1.48. The minimum Gasteiger partial charge on any atom is -0.508 e. The van der Waals surface area contributed by atoms with Gasteiger partial charge in [0.15, 0.2) is 17.9 Å². The molecule has 1 aromatic heterocycles. The van der Waals surface area contributed by atoms with Gasteiger partial charge in [0.1, 0.15) is 11.9 Å². The lowest BCUT2D eigenvalue weighted by molar-refractivity contribution is -0.0278. The molecule has 1 aliphatic rings. The SMILES string of the molecule is Nc1nc(=O)n([C@H]2O[C@@H](CO)C=C2O)cc1F. The van der Waals surface area contributed by atoms with Gasteiger partial charge in [0, 0.05) is 0 Å². The van der Waals surface area contributed by atoms with Crippen molar-refractivity contribution >= 4 is 5.82 Å². The van der Waals surface area contributed by atoms with Gasteiger partial charge in [-0.25, -0.2) is 9.18 Å². The molecule has 7 nitrogen and oxygen atoms in total. The Morgan fingerprint density at radius 3 is 2.94 bits per heavy atom. The second-order valence-corrected chi connectivity index (χ2v) is 3.46. The molecule has 0 aliphatic carbocycles. The maximum absolute atomic E-state index is 13.2. The zero-order valence-electron chi connectivity index (χ0n) is 8.58. The first-order chi connectivity index (χ1) is 8.02. The van der Waals surface area contributed by atoms with Crippen LogP contribution in [-0.2, 0) is 4.74 Å². The lowest BCUT2D eigenvalue weighted by Gasteiger charge is -2.15. The molecule has 2 atom stereocenters. The summed E-state index contributed by atoms with van der Waals surface area (Å²) < 4.78 is 19.0. The average molecular weight is 243 g/mol. The molecule has 2 heterocycles. The Kier molecular flexibility index (Phi) is 2.82. The van der Waals surface area contributed by atoms with E-state index in [-0.39, 0.29) is 12.4 Å². The number of ether oxygens (including phenoxy) is 1. The van der Waals surface area contributed by atoms with E-state index in [1.807, 2.05) is 0 Å². The summed E-state index contributed by atoms with van der Waals surface area (Å²) in [4.78, 5) is 14.7. The zero-order chi connectivity index (χ0) is 12.6. The molecular formula is C9H10FN3O4. The summed E-state index contributed by atoms with van der Waals surface area (Å²) in [6.07, 6.45) is 0.0830. The lowest BCUT2D eigenvalue weighted by Crippen LogP contribution is -2.30. The molecule has 8 heteroatoms. The summed E-state index contributed by atoms with van der Waals surface area (Å²) >= 11 is 0. The number of aromatic nitrogens is 2. The van der Waals surface area contributed by atoms with Crippen LogP contribution in [0.5, 0.6) is 0 Å². The highest BCUT2D eigenvalue weighted by atomic mass is 19.1. The van der Waals surface area contributed by atoms with Crippen LogP contribution in [0.3, 0.4) is 0 Å². The normalized spacial score (nSPS) is 23.8. The van der Waals surface area contributed by atoms with Crippen molar-refractivity contribution in [3.8, 4) is 0 Å². The molecule has 0 radical (unpaired) electrons. The van der Waals surface area contributed by atoms with E-state index < -0.39 is 29.7 Å². The summed E-state index contributed by atoms with van der Waals surface area (Å²) in [5, 5.41) is 18.4. The highest BCUT2D eigenvalue weighted by Gasteiger charge is 2.29. The minimum atomic E-state index is -1.19. The molecule has 0 unspecified atom stereocenters. The van der Waals surface area contributed by atoms with Crippen LogP contribution in [0.25, 0.3) is 0 Å². The van der Waals surface area contributed by atoms with Crippen molar-refractivity contribution in [2.75, 3.05) is 12.3 Å². The molecule has 0 aromatic carbocycles. The molecule has 0 saturated carbocycles. The van der Waals surface area contributed by atoms with Gasteiger partial charge in [0.2, 0.25) is 0 Å². The van der Waals surface area contributed by atoms with Crippen LogP contribution < -0.4 is 11.4 Å². The van der Waals surface area contributed by atoms with Crippen LogP contribution in [0.2, 0.25) is 0 Å². The van der Waals surface area contributed by atoms with Crippen LogP contribution >= 0.6 is 0 Å². The Morgan fingerprint density at radius 2 is 2.35 bits per heavy atom. The van der Waals surface area contributed by atoms with Gasteiger partial charge in [-0.05, 0) is 6.08 Å². The first-order valence-corrected chi connectivity index (χ1v) is 4.74. The molecule has 0 amide bonds. The Morgan fingerprint density at radius 1 is 1.65 bits per heavy atom. The molecule has 4 N–H and O–H groups in total. The zero-order valence-corrected chi connectivity index (χ0v) is 8.58. The van der Waals surface area contributed by atoms with Crippen LogP contribution in [0.15, 0.2) is 22.8 Å². The van der Waals surface area contributed by atoms with Crippen molar-refractivity contribution in [2.24, 2.45) is 0 Å². The van der Waals surface area contributed by atoms with Gasteiger partial charge in [-0.3, -0.25) is 4.57 Å². The van der Waals surface area contributed by atoms with E-state index >= 15 is 0 Å². The molecule has 0 fully saturated rings. The number of aliphatic hydroxyl groups excluding tert-OH is 2. The number of nitrogen functional groups attached to an aromatic ring is 1. The number of nitrogens with two attached hydrogens (primary N) is 1. The first-order valence-electron chi connectivity index (χ1n) is 4.74. The van der Waals surface area contributed by atoms with Gasteiger partial charge in [0.25, 0.3) is 0 Å². The second-order valence-electron chi connectivity index (χ2n) is 3.46. The summed E-state index contributed by atoms with van der Waals surface area (Å²) in [7, 11) is 0. The number of halogens is 1. The Hall–Kier alpha value is -1.93. The monoisotopic (exact) mass is 243 g/mol. The maximum Gasteiger partial charge on any atom is 0.352 e. The minimum absolute atomic E-state index is 0.294. The summed E-state index contributed by atoms with van der Waals surface area (Å²) in [5.41, 5.74) is 4.26. The standard InChI is InChI=1S/C9H10FN3O4/c10-5-2-13(9(16)12-7(5)11)8-6(15)1-4(3-14)17-8/h1-2,4,8,14-15H,3H2,(H2,11,12,16)/t4-,8+/m1/s1. The molecule has 1 aliphatic heterocycles. The van der Waals surface area contributed by atoms with E-state index in [1.165, 1.54) is 6.08 Å². The highest BCUT2D eigenvalue weighted by molar-refractivity contribution is 5.27. The highest BCUT2D eigenvalue weighted by Crippen LogP contribution is 2.25. The van der Waals surface area contributed by atoms with Crippen molar-refractivity contribution in [1.82, 2.24) is 9.55 Å². The molecule has 0 bridgehead atoms. The number of rotatable bonds is 2. The van der Waals surface area contributed by atoms with E-state index in [0.717, 1.165) is 10.8 Å². The number of nitrogens with zero attached hydrogens (tertiary/aromatic N) is 2. The third kappa shape index (κ3) is 1.99. The van der Waals surface area contributed by atoms with Crippen molar-refractivity contribution in [3.63, 3.8) is 0 Å². The van der Waals surface area contributed by atoms with E-state index in [1.54, 1.807) is 0 Å². The number of anilines is 1. The molecule has 0 saturated heterocycles. The molecule has 0 spiro atoms. The van der Waals surface area contributed by atoms with Crippen molar-refractivity contribution in [2.45, 2.75) is 12.3 Å². The van der Waals surface area contributed by atoms with Gasteiger partial charge in [0.05, 0.1) is 12.8 Å². The van der Waals surface area contributed by atoms with Crippen molar-refractivity contribution in [3.05, 3.63) is 34.3 Å². The molecule has 2 rings (SSSR count). The Labute approximate surface area is 94.6 Å². The van der Waals surface area contributed by atoms with Gasteiger partial charge < -0.3 is 20.7 Å². The average Bonchev–Trinajstić information content (AvgIpc) is 2.65. The van der Waals surface area contributed by atoms with Crippen LogP contribution in [0.1, 0.15) is 6.23 Å². The summed E-state index contributed by atoms with van der Waals surface area (Å²) in [6.45, 7) is -0.361. The molecular weight excluding hydrogens is 233 g/mol. The third-order valence-electron chi connectivity index (χ3n) is 2.28. The smallest absolute Gasteiger partial charge is 0.352 e. The van der Waals surface area contributed by atoms with E-state index in [9.17, 15) is 14.3 Å². The molecule has 92 valence electrons. The Balaban J connectivity index is 2.40. The van der Waals surface area contributed by atoms with Crippen LogP contribution in [0.4, 0.5) is 10.2 Å². The predicted octanol–water partition coefficient (Wildman–Crippen LogP) is -0.704. The quantitative estimate of drug-likeness (QED) is 0.633. The second kappa shape index (κ2) is 4.15. The van der Waals surface area contributed by atoms with Gasteiger partial charge in [-0.1, -0.05) is 0 Å². The van der Waals surface area contributed by atoms with E-state index in [0.29, 0.717) is 0 Å². The maximum atomic E-state index is 13.2. The fraction of sp³-hybridized carbons (Fsp3) is 0.333. The van der Waals surface area contributed by atoms with Crippen LogP contribution in [0, 0.1) is 5.82 Å². The number of aliphatic hydroxyl groups is 2. The Bertz CT molecular complexity index is 527. The topological polar surface area (TPSA) is 111 Å². The molecule has 17 heavy (non-hydrogen) atoms. The third-order valence-corrected chi connectivity index (χ3v) is 2.28. The number of hydrogen-bond donors (Lipinski definition) is 3. The summed E-state index contributed by atoms with van der Waals surface area (Å²) in [5.74, 6) is -1.71. The van der Waals surface area contributed by atoms with Gasteiger partial charge >= 0.3 is 5.69 Å². The van der Waals surface area contributed by atoms with E-state index in [4.69, 9.17) is 15.6 Å². The largest absolute Gasteiger partial charge is 0.508 e. The number of hydrogen-bond acceptors (Lipinski definition) is 6. The van der Waals surface area contributed by atoms with Gasteiger partial charge in [-0.2, -0.15) is 4.98 Å². The molecule has 1 aromatic rings. The summed E-state index contributed by atoms with van der Waals surface area (Å²) in [6, 6.07) is 0. The van der Waals surface area contributed by atoms with Crippen molar-refractivity contribution < 1.29 is 19.3 Å².